The first-order valence-electron chi connectivity index (χ1n) is 5.94. The highest BCUT2D eigenvalue weighted by atomic mass is 16.5. The Hall–Kier alpha value is -1.83. The molecule has 1 fully saturated rings. The molecule has 3 N–H and O–H groups in total. The first-order valence-corrected chi connectivity index (χ1v) is 5.94. The lowest BCUT2D eigenvalue weighted by molar-refractivity contribution is -0.149. The van der Waals surface area contributed by atoms with E-state index in [1.54, 1.807) is 0 Å². The van der Waals surface area contributed by atoms with E-state index >= 15 is 0 Å². The summed E-state index contributed by atoms with van der Waals surface area (Å²) in [5.74, 6) is -1.54. The van der Waals surface area contributed by atoms with E-state index in [0.29, 0.717) is 12.8 Å². The minimum Gasteiger partial charge on any atom is -0.479 e. The number of rotatable bonds is 5. The van der Waals surface area contributed by atoms with Crippen LogP contribution in [0.25, 0.3) is 0 Å². The van der Waals surface area contributed by atoms with E-state index < -0.39 is 30.1 Å². The normalized spacial score (nSPS) is 23.5. The average Bonchev–Trinajstić information content (AvgIpc) is 2.84. The summed E-state index contributed by atoms with van der Waals surface area (Å²) in [5, 5.41) is 13.6. The molecule has 0 radical (unpaired) electrons. The number of carboxylic acid groups (broad SMARTS) is 1. The maximum atomic E-state index is 11.4. The molecule has 3 unspecified atom stereocenters. The lowest BCUT2D eigenvalue weighted by atomic mass is 10.2. The van der Waals surface area contributed by atoms with Crippen LogP contribution in [0.2, 0.25) is 0 Å². The van der Waals surface area contributed by atoms with Crippen molar-refractivity contribution in [1.29, 1.82) is 0 Å². The standard InChI is InChI=1S/C11H18N2O6/c1-6(10(16)18-2)13-11(17)12-5-7-3-4-8(19-7)9(14)15/h6-8H,3-5H2,1-2H3,(H,14,15)(H2,12,13,17). The van der Waals surface area contributed by atoms with Crippen molar-refractivity contribution in [2.24, 2.45) is 0 Å². The molecule has 0 aromatic heterocycles. The van der Waals surface area contributed by atoms with E-state index in [9.17, 15) is 14.4 Å². The number of nitrogens with one attached hydrogen (secondary N) is 2. The van der Waals surface area contributed by atoms with Crippen molar-refractivity contribution >= 4 is 18.0 Å². The Kier molecular flexibility index (Phi) is 5.56. The van der Waals surface area contributed by atoms with Gasteiger partial charge in [-0.25, -0.2) is 14.4 Å². The largest absolute Gasteiger partial charge is 0.479 e. The van der Waals surface area contributed by atoms with Gasteiger partial charge in [-0.15, -0.1) is 0 Å². The molecule has 1 heterocycles. The van der Waals surface area contributed by atoms with Crippen LogP contribution in [-0.4, -0.2) is 55.0 Å². The molecule has 3 atom stereocenters. The Bertz CT molecular complexity index is 359. The molecule has 0 spiro atoms. The number of hydrogen-bond acceptors (Lipinski definition) is 5. The van der Waals surface area contributed by atoms with E-state index in [4.69, 9.17) is 9.84 Å². The summed E-state index contributed by atoms with van der Waals surface area (Å²) < 4.78 is 9.67. The van der Waals surface area contributed by atoms with Gasteiger partial charge in [0.05, 0.1) is 13.2 Å². The molecule has 8 heteroatoms. The lowest BCUT2D eigenvalue weighted by Gasteiger charge is -2.15. The second-order valence-corrected chi connectivity index (χ2v) is 4.26. The average molecular weight is 274 g/mol. The molecule has 1 saturated heterocycles. The highest BCUT2D eigenvalue weighted by molar-refractivity contribution is 5.83. The zero-order chi connectivity index (χ0) is 14.4. The third-order valence-corrected chi connectivity index (χ3v) is 2.78. The summed E-state index contributed by atoms with van der Waals surface area (Å²) in [7, 11) is 1.23. The van der Waals surface area contributed by atoms with Crippen LogP contribution in [0.5, 0.6) is 0 Å². The summed E-state index contributed by atoms with van der Waals surface area (Å²) in [6, 6.07) is -1.28. The first kappa shape index (κ1) is 15.2. The molecule has 2 amide bonds. The van der Waals surface area contributed by atoms with Crippen LogP contribution < -0.4 is 10.6 Å². The molecule has 0 aliphatic carbocycles. The topological polar surface area (TPSA) is 114 Å². The predicted octanol–water partition coefficient (Wildman–Crippen LogP) is -0.521. The second kappa shape index (κ2) is 6.93. The van der Waals surface area contributed by atoms with Gasteiger partial charge in [-0.3, -0.25) is 0 Å². The number of carbonyl (C=O) groups excluding carboxylic acids is 2. The molecule has 108 valence electrons. The van der Waals surface area contributed by atoms with Crippen molar-refractivity contribution in [3.8, 4) is 0 Å². The fraction of sp³-hybridized carbons (Fsp3) is 0.727. The smallest absolute Gasteiger partial charge is 0.332 e. The van der Waals surface area contributed by atoms with Gasteiger partial charge in [0.15, 0.2) is 6.10 Å². The molecular formula is C11H18N2O6. The maximum Gasteiger partial charge on any atom is 0.332 e. The van der Waals surface area contributed by atoms with Crippen LogP contribution >= 0.6 is 0 Å². The summed E-state index contributed by atoms with van der Waals surface area (Å²) in [4.78, 5) is 33.2. The monoisotopic (exact) mass is 274 g/mol. The van der Waals surface area contributed by atoms with Crippen LogP contribution in [0.4, 0.5) is 4.79 Å². The number of amides is 2. The van der Waals surface area contributed by atoms with Crippen molar-refractivity contribution in [2.75, 3.05) is 13.7 Å². The molecule has 1 aliphatic rings. The Labute approximate surface area is 110 Å². The van der Waals surface area contributed by atoms with Crippen LogP contribution in [0.15, 0.2) is 0 Å². The van der Waals surface area contributed by atoms with Gasteiger partial charge in [-0.1, -0.05) is 0 Å². The number of carbonyl (C=O) groups is 3. The molecule has 1 rings (SSSR count). The zero-order valence-corrected chi connectivity index (χ0v) is 10.8. The summed E-state index contributed by atoms with van der Waals surface area (Å²) in [5.41, 5.74) is 0. The molecule has 0 aromatic carbocycles. The highest BCUT2D eigenvalue weighted by Crippen LogP contribution is 2.19. The van der Waals surface area contributed by atoms with Gasteiger partial charge < -0.3 is 25.2 Å². The first-order chi connectivity index (χ1) is 8.93. The molecule has 1 aliphatic heterocycles. The van der Waals surface area contributed by atoms with E-state index in [1.807, 2.05) is 0 Å². The number of esters is 1. The van der Waals surface area contributed by atoms with Gasteiger partial charge in [-0.2, -0.15) is 0 Å². The summed E-state index contributed by atoms with van der Waals surface area (Å²) in [6.07, 6.45) is -0.116. The van der Waals surface area contributed by atoms with Crippen molar-refractivity contribution in [2.45, 2.75) is 38.0 Å². The number of ether oxygens (including phenoxy) is 2. The molecule has 0 saturated carbocycles. The van der Waals surface area contributed by atoms with E-state index in [0.717, 1.165) is 0 Å². The number of carboxylic acids is 1. The number of methoxy groups -OCH3 is 1. The fourth-order valence-electron chi connectivity index (χ4n) is 1.73. The predicted molar refractivity (Wildman–Crippen MR) is 63.5 cm³/mol. The van der Waals surface area contributed by atoms with E-state index in [2.05, 4.69) is 15.4 Å². The molecule has 8 nitrogen and oxygen atoms in total. The van der Waals surface area contributed by atoms with Crippen LogP contribution in [0, 0.1) is 0 Å². The minimum absolute atomic E-state index is 0.198. The third-order valence-electron chi connectivity index (χ3n) is 2.78. The van der Waals surface area contributed by atoms with Crippen molar-refractivity contribution in [1.82, 2.24) is 10.6 Å². The minimum atomic E-state index is -0.994. The Morgan fingerprint density at radius 2 is 2.11 bits per heavy atom. The van der Waals surface area contributed by atoms with Gasteiger partial charge in [0.25, 0.3) is 0 Å². The fourth-order valence-corrected chi connectivity index (χ4v) is 1.73. The lowest BCUT2D eigenvalue weighted by Crippen LogP contribution is -2.46. The quantitative estimate of drug-likeness (QED) is 0.581. The second-order valence-electron chi connectivity index (χ2n) is 4.26. The zero-order valence-electron chi connectivity index (χ0n) is 10.8. The van der Waals surface area contributed by atoms with Gasteiger partial charge in [-0.05, 0) is 19.8 Å². The Morgan fingerprint density at radius 1 is 1.42 bits per heavy atom. The number of hydrogen-bond donors (Lipinski definition) is 3. The summed E-state index contributed by atoms with van der Waals surface area (Å²) in [6.45, 7) is 1.70. The van der Waals surface area contributed by atoms with Crippen LogP contribution in [0.3, 0.4) is 0 Å². The number of aliphatic carboxylic acids is 1. The SMILES string of the molecule is COC(=O)C(C)NC(=O)NCC1CCC(C(=O)O)O1. The highest BCUT2D eigenvalue weighted by Gasteiger charge is 2.30. The van der Waals surface area contributed by atoms with Gasteiger partial charge in [0.2, 0.25) is 0 Å². The van der Waals surface area contributed by atoms with E-state index in [1.165, 1.54) is 14.0 Å². The van der Waals surface area contributed by atoms with Crippen molar-refractivity contribution in [3.63, 3.8) is 0 Å². The van der Waals surface area contributed by atoms with Crippen molar-refractivity contribution in [3.05, 3.63) is 0 Å². The molecule has 19 heavy (non-hydrogen) atoms. The Balaban J connectivity index is 2.24. The third kappa shape index (κ3) is 4.74. The van der Waals surface area contributed by atoms with E-state index in [-0.39, 0.29) is 12.6 Å². The Morgan fingerprint density at radius 3 is 2.63 bits per heavy atom. The molecular weight excluding hydrogens is 256 g/mol. The van der Waals surface area contributed by atoms with Crippen LogP contribution in [-0.2, 0) is 19.1 Å². The molecule has 0 aromatic rings. The van der Waals surface area contributed by atoms with Crippen LogP contribution in [0.1, 0.15) is 19.8 Å². The number of urea groups is 1. The maximum absolute atomic E-state index is 11.4. The van der Waals surface area contributed by atoms with Gasteiger partial charge in [0.1, 0.15) is 6.04 Å². The van der Waals surface area contributed by atoms with Gasteiger partial charge in [0, 0.05) is 6.54 Å². The van der Waals surface area contributed by atoms with Crippen molar-refractivity contribution < 1.29 is 29.0 Å². The molecule has 0 bridgehead atoms. The summed E-state index contributed by atoms with van der Waals surface area (Å²) >= 11 is 0. The van der Waals surface area contributed by atoms with Gasteiger partial charge >= 0.3 is 18.0 Å².